The maximum absolute atomic E-state index is 12.0. The minimum atomic E-state index is 0.00861. The van der Waals surface area contributed by atoms with Crippen molar-refractivity contribution in [3.8, 4) is 0 Å². The van der Waals surface area contributed by atoms with Crippen LogP contribution in [-0.4, -0.2) is 61.9 Å². The topological polar surface area (TPSA) is 61.1 Å². The van der Waals surface area contributed by atoms with Gasteiger partial charge in [-0.3, -0.25) is 4.79 Å². The van der Waals surface area contributed by atoms with E-state index in [1.807, 2.05) is 12.1 Å². The summed E-state index contributed by atoms with van der Waals surface area (Å²) >= 11 is 0. The molecule has 6 heteroatoms. The molecule has 1 saturated heterocycles. The molecule has 0 radical (unpaired) electrons. The van der Waals surface area contributed by atoms with E-state index in [4.69, 9.17) is 4.42 Å². The second-order valence-electron chi connectivity index (χ2n) is 7.80. The number of hydrogen-bond acceptors (Lipinski definition) is 3. The Morgan fingerprint density at radius 2 is 1.93 bits per heavy atom. The average molecular weight is 397 g/mol. The van der Waals surface area contributed by atoms with E-state index >= 15 is 0 Å². The van der Waals surface area contributed by atoms with Crippen LogP contribution in [0.5, 0.6) is 0 Å². The van der Waals surface area contributed by atoms with Crippen LogP contribution < -0.4 is 5.32 Å². The van der Waals surface area contributed by atoms with Crippen LogP contribution in [0.25, 0.3) is 0 Å². The lowest BCUT2D eigenvalue weighted by Crippen LogP contribution is -2.47. The van der Waals surface area contributed by atoms with E-state index in [1.165, 1.54) is 5.56 Å². The third kappa shape index (κ3) is 6.66. The van der Waals surface area contributed by atoms with Gasteiger partial charge in [-0.15, -0.1) is 0 Å². The van der Waals surface area contributed by atoms with Crippen molar-refractivity contribution in [2.24, 2.45) is 10.9 Å². The van der Waals surface area contributed by atoms with Crippen molar-refractivity contribution >= 4 is 11.9 Å². The lowest BCUT2D eigenvalue weighted by atomic mass is 9.90. The minimum absolute atomic E-state index is 0.00861. The van der Waals surface area contributed by atoms with Crippen LogP contribution in [0.1, 0.15) is 24.2 Å². The molecular weight excluding hydrogens is 364 g/mol. The lowest BCUT2D eigenvalue weighted by Gasteiger charge is -2.34. The Morgan fingerprint density at radius 1 is 1.17 bits per heavy atom. The fourth-order valence-corrected chi connectivity index (χ4v) is 3.60. The number of hydrogen-bond donors (Lipinski definition) is 1. The highest BCUT2D eigenvalue weighted by Crippen LogP contribution is 2.21. The molecule has 1 amide bonds. The molecule has 6 nitrogen and oxygen atoms in total. The average Bonchev–Trinajstić information content (AvgIpc) is 3.25. The molecule has 2 heterocycles. The summed E-state index contributed by atoms with van der Waals surface area (Å²) in [5.74, 6) is 2.48. The quantitative estimate of drug-likeness (QED) is 0.578. The molecule has 0 atom stereocenters. The highest BCUT2D eigenvalue weighted by molar-refractivity contribution is 5.84. The monoisotopic (exact) mass is 396 g/mol. The van der Waals surface area contributed by atoms with Crippen LogP contribution >= 0.6 is 0 Å². The Kier molecular flexibility index (Phi) is 7.73. The van der Waals surface area contributed by atoms with Gasteiger partial charge in [-0.05, 0) is 42.9 Å². The number of carbonyl (C=O) groups excluding carboxylic acids is 1. The van der Waals surface area contributed by atoms with E-state index < -0.39 is 0 Å². The van der Waals surface area contributed by atoms with Crippen LogP contribution in [0.2, 0.25) is 0 Å². The molecule has 1 aromatic heterocycles. The summed E-state index contributed by atoms with van der Waals surface area (Å²) in [6.45, 7) is 2.81. The Morgan fingerprint density at radius 3 is 2.59 bits per heavy atom. The molecule has 1 aromatic carbocycles. The summed E-state index contributed by atoms with van der Waals surface area (Å²) in [7, 11) is 3.52. The van der Waals surface area contributed by atoms with Crippen LogP contribution in [0.15, 0.2) is 58.1 Å². The largest absolute Gasteiger partial charge is 0.469 e. The predicted octanol–water partition coefficient (Wildman–Crippen LogP) is 2.81. The second kappa shape index (κ2) is 10.7. The zero-order valence-corrected chi connectivity index (χ0v) is 17.5. The van der Waals surface area contributed by atoms with E-state index in [0.29, 0.717) is 5.92 Å². The third-order valence-electron chi connectivity index (χ3n) is 5.38. The lowest BCUT2D eigenvalue weighted by molar-refractivity contribution is -0.127. The van der Waals surface area contributed by atoms with Gasteiger partial charge in [-0.1, -0.05) is 30.3 Å². The Hall–Kier alpha value is -2.76. The fraction of sp³-hybridized carbons (Fsp3) is 0.478. The first-order chi connectivity index (χ1) is 14.1. The van der Waals surface area contributed by atoms with E-state index in [2.05, 4.69) is 45.5 Å². The highest BCUT2D eigenvalue weighted by Gasteiger charge is 2.22. The van der Waals surface area contributed by atoms with Gasteiger partial charge in [0.25, 0.3) is 0 Å². The molecule has 0 saturated carbocycles. The van der Waals surface area contributed by atoms with E-state index in [-0.39, 0.29) is 12.5 Å². The number of likely N-dealkylation sites (tertiary alicyclic amines) is 1. The van der Waals surface area contributed by atoms with Crippen LogP contribution in [-0.2, 0) is 17.6 Å². The van der Waals surface area contributed by atoms with Gasteiger partial charge in [0.05, 0.1) is 6.26 Å². The number of carbonyl (C=O) groups is 1. The van der Waals surface area contributed by atoms with Crippen molar-refractivity contribution in [3.63, 3.8) is 0 Å². The normalized spacial score (nSPS) is 15.4. The van der Waals surface area contributed by atoms with Gasteiger partial charge in [0.1, 0.15) is 12.3 Å². The van der Waals surface area contributed by atoms with E-state index in [9.17, 15) is 4.79 Å². The number of furan rings is 1. The van der Waals surface area contributed by atoms with Crippen molar-refractivity contribution in [2.45, 2.75) is 25.7 Å². The number of amides is 1. The zero-order valence-electron chi connectivity index (χ0n) is 17.5. The van der Waals surface area contributed by atoms with Gasteiger partial charge >= 0.3 is 0 Å². The van der Waals surface area contributed by atoms with Gasteiger partial charge in [-0.2, -0.15) is 0 Å². The van der Waals surface area contributed by atoms with Crippen LogP contribution in [0.3, 0.4) is 0 Å². The first kappa shape index (κ1) is 21.0. The van der Waals surface area contributed by atoms with Gasteiger partial charge in [-0.25, -0.2) is 4.99 Å². The molecule has 29 heavy (non-hydrogen) atoms. The number of aliphatic imine (C=N–C) groups is 1. The Bertz CT molecular complexity index is 763. The second-order valence-corrected chi connectivity index (χ2v) is 7.80. The number of nitrogens with one attached hydrogen (secondary N) is 1. The van der Waals surface area contributed by atoms with Gasteiger partial charge in [0, 0.05) is 40.2 Å². The van der Waals surface area contributed by atoms with Crippen LogP contribution in [0.4, 0.5) is 0 Å². The molecule has 1 aliphatic rings. The highest BCUT2D eigenvalue weighted by atomic mass is 16.3. The Balaban J connectivity index is 1.55. The maximum Gasteiger partial charge on any atom is 0.243 e. The number of benzene rings is 1. The summed E-state index contributed by atoms with van der Waals surface area (Å²) in [6, 6.07) is 14.6. The van der Waals surface area contributed by atoms with E-state index in [1.54, 1.807) is 25.3 Å². The van der Waals surface area contributed by atoms with E-state index in [0.717, 1.165) is 57.0 Å². The molecule has 1 fully saturated rings. The summed E-state index contributed by atoms with van der Waals surface area (Å²) in [6.07, 6.45) is 5.88. The zero-order chi connectivity index (χ0) is 20.5. The molecule has 2 aromatic rings. The fourth-order valence-electron chi connectivity index (χ4n) is 3.60. The number of piperidine rings is 1. The summed E-state index contributed by atoms with van der Waals surface area (Å²) in [5.41, 5.74) is 1.41. The van der Waals surface area contributed by atoms with Crippen molar-refractivity contribution in [1.82, 2.24) is 15.1 Å². The van der Waals surface area contributed by atoms with Crippen molar-refractivity contribution in [1.29, 1.82) is 0 Å². The molecule has 0 spiro atoms. The SMILES string of the molecule is CN(C)C(=O)CN=C(NCCc1ccco1)N1CCC(Cc2ccccc2)CC1. The summed E-state index contributed by atoms with van der Waals surface area (Å²) < 4.78 is 5.41. The third-order valence-corrected chi connectivity index (χ3v) is 5.38. The number of likely N-dealkylation sites (N-methyl/N-ethyl adjacent to an activating group) is 1. The molecular formula is C23H32N4O2. The standard InChI is InChI=1S/C23H32N4O2/c1-26(2)22(28)18-25-23(24-13-10-21-9-6-16-29-21)27-14-11-20(12-15-27)17-19-7-4-3-5-8-19/h3-9,16,20H,10-15,17-18H2,1-2H3,(H,24,25). The molecule has 1 aliphatic heterocycles. The number of guanidine groups is 1. The predicted molar refractivity (Wildman–Crippen MR) is 116 cm³/mol. The molecule has 156 valence electrons. The molecule has 0 aliphatic carbocycles. The first-order valence-electron chi connectivity index (χ1n) is 10.4. The number of nitrogens with zero attached hydrogens (tertiary/aromatic N) is 3. The smallest absolute Gasteiger partial charge is 0.243 e. The first-order valence-corrected chi connectivity index (χ1v) is 10.4. The van der Waals surface area contributed by atoms with Crippen molar-refractivity contribution < 1.29 is 9.21 Å². The molecule has 1 N–H and O–H groups in total. The van der Waals surface area contributed by atoms with Crippen LogP contribution in [0, 0.1) is 5.92 Å². The van der Waals surface area contributed by atoms with Gasteiger partial charge in [0.2, 0.25) is 5.91 Å². The minimum Gasteiger partial charge on any atom is -0.469 e. The summed E-state index contributed by atoms with van der Waals surface area (Å²) in [4.78, 5) is 20.5. The van der Waals surface area contributed by atoms with Crippen molar-refractivity contribution in [2.75, 3.05) is 40.3 Å². The van der Waals surface area contributed by atoms with Gasteiger partial charge in [0.15, 0.2) is 5.96 Å². The Labute approximate surface area is 173 Å². The molecule has 0 bridgehead atoms. The van der Waals surface area contributed by atoms with Crippen molar-refractivity contribution in [3.05, 3.63) is 60.1 Å². The number of rotatable bonds is 7. The molecule has 3 rings (SSSR count). The maximum atomic E-state index is 12.0. The summed E-state index contributed by atoms with van der Waals surface area (Å²) in [5, 5.41) is 3.43. The molecule has 0 unspecified atom stereocenters. The van der Waals surface area contributed by atoms with Gasteiger partial charge < -0.3 is 19.5 Å².